The smallest absolute Gasteiger partial charge is 0.274 e. The highest BCUT2D eigenvalue weighted by Crippen LogP contribution is 2.34. The third-order valence-electron chi connectivity index (χ3n) is 7.39. The van der Waals surface area contributed by atoms with E-state index in [0.717, 1.165) is 61.5 Å². The van der Waals surface area contributed by atoms with E-state index in [0.29, 0.717) is 15.9 Å². The summed E-state index contributed by atoms with van der Waals surface area (Å²) >= 11 is 12.5. The molecule has 2 saturated heterocycles. The third-order valence-corrected chi connectivity index (χ3v) is 7.94. The summed E-state index contributed by atoms with van der Waals surface area (Å²) < 4.78 is 7.41. The Labute approximate surface area is 225 Å². The molecule has 4 aromatic rings. The number of benzene rings is 1. The molecule has 1 aromatic carbocycles. The number of imidazole rings is 1. The molecule has 190 valence electrons. The van der Waals surface area contributed by atoms with Crippen molar-refractivity contribution in [2.45, 2.75) is 37.9 Å². The Morgan fingerprint density at radius 2 is 1.76 bits per heavy atom. The summed E-state index contributed by atoms with van der Waals surface area (Å²) in [5.74, 6) is 0.272. The molecule has 1 amide bonds. The molecule has 2 aliphatic heterocycles. The SMILES string of the molecule is COc1ccc(Cl)c(C(=O)N2C3CCC[C@H]2CN(Cc2c(-c4ccc(Cl)cc4)nc4ccccn24)C3)n1. The largest absolute Gasteiger partial charge is 0.481 e. The van der Waals surface area contributed by atoms with E-state index in [9.17, 15) is 4.79 Å². The number of ether oxygens (including phenoxy) is 1. The van der Waals surface area contributed by atoms with Gasteiger partial charge in [-0.25, -0.2) is 9.97 Å². The van der Waals surface area contributed by atoms with Crippen LogP contribution in [-0.4, -0.2) is 62.4 Å². The maximum atomic E-state index is 13.6. The summed E-state index contributed by atoms with van der Waals surface area (Å²) in [4.78, 5) is 27.4. The van der Waals surface area contributed by atoms with Crippen molar-refractivity contribution in [3.05, 3.63) is 82.2 Å². The molecule has 0 N–H and O–H groups in total. The molecule has 9 heteroatoms. The van der Waals surface area contributed by atoms with Crippen molar-refractivity contribution in [1.82, 2.24) is 24.2 Å². The van der Waals surface area contributed by atoms with Crippen molar-refractivity contribution in [1.29, 1.82) is 0 Å². The van der Waals surface area contributed by atoms with E-state index >= 15 is 0 Å². The van der Waals surface area contributed by atoms with E-state index in [1.807, 2.05) is 47.4 Å². The van der Waals surface area contributed by atoms with Crippen LogP contribution in [0.15, 0.2) is 60.8 Å². The first kappa shape index (κ1) is 24.2. The average Bonchev–Trinajstić information content (AvgIpc) is 3.27. The van der Waals surface area contributed by atoms with Gasteiger partial charge >= 0.3 is 0 Å². The van der Waals surface area contributed by atoms with E-state index in [1.165, 1.54) is 7.11 Å². The number of carbonyl (C=O) groups excluding carboxylic acids is 1. The van der Waals surface area contributed by atoms with Crippen molar-refractivity contribution in [2.75, 3.05) is 20.2 Å². The average molecular weight is 536 g/mol. The van der Waals surface area contributed by atoms with Gasteiger partial charge in [-0.3, -0.25) is 9.69 Å². The Morgan fingerprint density at radius 1 is 1.00 bits per heavy atom. The maximum absolute atomic E-state index is 13.6. The molecular weight excluding hydrogens is 509 g/mol. The van der Waals surface area contributed by atoms with Crippen LogP contribution in [-0.2, 0) is 6.54 Å². The second-order valence-electron chi connectivity index (χ2n) is 9.67. The minimum atomic E-state index is -0.116. The quantitative estimate of drug-likeness (QED) is 0.333. The number of likely N-dealkylation sites (tertiary alicyclic amines) is 1. The van der Waals surface area contributed by atoms with Crippen LogP contribution < -0.4 is 4.74 Å². The molecule has 7 nitrogen and oxygen atoms in total. The van der Waals surface area contributed by atoms with E-state index in [2.05, 4.69) is 20.5 Å². The molecule has 0 saturated carbocycles. The van der Waals surface area contributed by atoms with Gasteiger partial charge in [0.25, 0.3) is 5.91 Å². The number of aromatic nitrogens is 3. The molecule has 3 aromatic heterocycles. The second-order valence-corrected chi connectivity index (χ2v) is 10.5. The number of nitrogens with zero attached hydrogens (tertiary/aromatic N) is 5. The highest BCUT2D eigenvalue weighted by atomic mass is 35.5. The topological polar surface area (TPSA) is 63.0 Å². The number of rotatable bonds is 5. The van der Waals surface area contributed by atoms with Crippen LogP contribution in [0.5, 0.6) is 5.88 Å². The Kier molecular flexibility index (Phi) is 6.53. The van der Waals surface area contributed by atoms with Crippen molar-refractivity contribution < 1.29 is 9.53 Å². The number of pyridine rings is 2. The summed E-state index contributed by atoms with van der Waals surface area (Å²) in [5.41, 5.74) is 4.30. The summed E-state index contributed by atoms with van der Waals surface area (Å²) in [5, 5.41) is 1.05. The fraction of sp³-hybridized carbons (Fsp3) is 0.321. The van der Waals surface area contributed by atoms with Crippen molar-refractivity contribution in [2.24, 2.45) is 0 Å². The Bertz CT molecular complexity index is 1440. The second kappa shape index (κ2) is 9.97. The van der Waals surface area contributed by atoms with Crippen LogP contribution >= 0.6 is 23.2 Å². The van der Waals surface area contributed by atoms with Crippen molar-refractivity contribution in [3.63, 3.8) is 0 Å². The summed E-state index contributed by atoms with van der Waals surface area (Å²) in [7, 11) is 1.54. The number of methoxy groups -OCH3 is 1. The predicted octanol–water partition coefficient (Wildman–Crippen LogP) is 5.59. The Balaban J connectivity index is 1.29. The zero-order valence-electron chi connectivity index (χ0n) is 20.5. The van der Waals surface area contributed by atoms with Crippen molar-refractivity contribution in [3.8, 4) is 17.1 Å². The molecule has 2 aliphatic rings. The van der Waals surface area contributed by atoms with E-state index in [-0.39, 0.29) is 23.7 Å². The minimum Gasteiger partial charge on any atom is -0.481 e. The number of piperidine rings is 1. The van der Waals surface area contributed by atoms with Crippen LogP contribution in [0, 0.1) is 0 Å². The molecule has 2 bridgehead atoms. The highest BCUT2D eigenvalue weighted by Gasteiger charge is 2.41. The van der Waals surface area contributed by atoms with Gasteiger partial charge in [0.05, 0.1) is 23.5 Å². The van der Waals surface area contributed by atoms with Crippen molar-refractivity contribution >= 4 is 34.8 Å². The lowest BCUT2D eigenvalue weighted by atomic mass is 9.90. The minimum absolute atomic E-state index is 0.0993. The Hall–Kier alpha value is -3.13. The number of amides is 1. The first-order valence-electron chi connectivity index (χ1n) is 12.5. The number of piperazine rings is 1. The van der Waals surface area contributed by atoms with Gasteiger partial charge in [-0.1, -0.05) is 41.4 Å². The van der Waals surface area contributed by atoms with Gasteiger partial charge in [0.2, 0.25) is 5.88 Å². The third kappa shape index (κ3) is 4.56. The molecule has 0 aliphatic carbocycles. The van der Waals surface area contributed by atoms with Gasteiger partial charge in [-0.15, -0.1) is 0 Å². The molecule has 2 atom stereocenters. The lowest BCUT2D eigenvalue weighted by Gasteiger charge is -2.50. The fourth-order valence-electron chi connectivity index (χ4n) is 5.71. The summed E-state index contributed by atoms with van der Waals surface area (Å²) in [6.07, 6.45) is 5.08. The standard InChI is InChI=1S/C28H27Cl2N5O2/c1-37-25-13-12-22(30)27(32-25)28(36)35-20-5-4-6-21(35)16-33(15-20)17-23-26(18-8-10-19(29)11-9-18)31-24-7-2-3-14-34(23)24/h2-3,7-14,20-21H,4-6,15-17H2,1H3/t20-,21?/m0/s1. The number of halogens is 2. The van der Waals surface area contributed by atoms with Gasteiger partial charge in [0.15, 0.2) is 5.69 Å². The molecule has 6 rings (SSSR count). The van der Waals surface area contributed by atoms with E-state index in [1.54, 1.807) is 12.1 Å². The molecular formula is C28H27Cl2N5O2. The van der Waals surface area contributed by atoms with Crippen LogP contribution in [0.2, 0.25) is 10.0 Å². The number of carbonyl (C=O) groups is 1. The van der Waals surface area contributed by atoms with Crippen LogP contribution in [0.3, 0.4) is 0 Å². The normalized spacial score (nSPS) is 19.8. The van der Waals surface area contributed by atoms with E-state index < -0.39 is 0 Å². The maximum Gasteiger partial charge on any atom is 0.274 e. The van der Waals surface area contributed by atoms with Gasteiger partial charge < -0.3 is 14.0 Å². The van der Waals surface area contributed by atoms with Crippen LogP contribution in [0.4, 0.5) is 0 Å². The molecule has 5 heterocycles. The van der Waals surface area contributed by atoms with Crippen LogP contribution in [0.1, 0.15) is 35.4 Å². The molecule has 1 unspecified atom stereocenters. The fourth-order valence-corrected chi connectivity index (χ4v) is 6.03. The zero-order chi connectivity index (χ0) is 25.5. The molecule has 0 radical (unpaired) electrons. The monoisotopic (exact) mass is 535 g/mol. The zero-order valence-corrected chi connectivity index (χ0v) is 22.0. The number of hydrogen-bond donors (Lipinski definition) is 0. The molecule has 0 spiro atoms. The van der Waals surface area contributed by atoms with E-state index in [4.69, 9.17) is 32.9 Å². The van der Waals surface area contributed by atoms with Gasteiger partial charge in [-0.2, -0.15) is 0 Å². The van der Waals surface area contributed by atoms with Gasteiger partial charge in [0, 0.05) is 54.6 Å². The molecule has 37 heavy (non-hydrogen) atoms. The Morgan fingerprint density at radius 3 is 2.49 bits per heavy atom. The summed E-state index contributed by atoms with van der Waals surface area (Å²) in [6, 6.07) is 17.4. The number of hydrogen-bond acceptors (Lipinski definition) is 5. The first-order chi connectivity index (χ1) is 18.0. The summed E-state index contributed by atoms with van der Waals surface area (Å²) in [6.45, 7) is 2.30. The predicted molar refractivity (Wildman–Crippen MR) is 144 cm³/mol. The lowest BCUT2D eigenvalue weighted by molar-refractivity contribution is -0.00424. The van der Waals surface area contributed by atoms with Crippen LogP contribution in [0.25, 0.3) is 16.9 Å². The highest BCUT2D eigenvalue weighted by molar-refractivity contribution is 6.33. The molecule has 2 fully saturated rings. The first-order valence-corrected chi connectivity index (χ1v) is 13.2. The van der Waals surface area contributed by atoms with Gasteiger partial charge in [-0.05, 0) is 49.6 Å². The lowest BCUT2D eigenvalue weighted by Crippen LogP contribution is -2.62. The van der Waals surface area contributed by atoms with Gasteiger partial charge in [0.1, 0.15) is 5.65 Å². The number of fused-ring (bicyclic) bond motifs is 3.